The van der Waals surface area contributed by atoms with Crippen molar-refractivity contribution in [1.82, 2.24) is 0 Å². The van der Waals surface area contributed by atoms with E-state index in [0.29, 0.717) is 6.61 Å². The maximum atomic E-state index is 11.0. The molecule has 0 bridgehead atoms. The average Bonchev–Trinajstić information content (AvgIpc) is 2.32. The first-order chi connectivity index (χ1) is 11.1. The van der Waals surface area contributed by atoms with Crippen LogP contribution in [0.2, 0.25) is 51.9 Å². The molecular formula is C13H34O8SSi3. The second-order valence-electron chi connectivity index (χ2n) is 8.11. The lowest BCUT2D eigenvalue weighted by molar-refractivity contribution is -0.131. The van der Waals surface area contributed by atoms with E-state index in [9.17, 15) is 13.5 Å². The topological polar surface area (TPSA) is 112 Å². The van der Waals surface area contributed by atoms with E-state index >= 15 is 0 Å². The lowest BCUT2D eigenvalue weighted by Crippen LogP contribution is -2.51. The van der Waals surface area contributed by atoms with Gasteiger partial charge in [0.2, 0.25) is 0 Å². The number of hydrogen-bond acceptors (Lipinski definition) is 8. The Labute approximate surface area is 155 Å². The van der Waals surface area contributed by atoms with Gasteiger partial charge in [-0.05, 0) is 58.3 Å². The van der Waals surface area contributed by atoms with Crippen LogP contribution in [0.3, 0.4) is 0 Å². The zero-order chi connectivity index (χ0) is 19.9. The van der Waals surface area contributed by atoms with Crippen LogP contribution in [0.15, 0.2) is 0 Å². The summed E-state index contributed by atoms with van der Waals surface area (Å²) in [7, 11) is -9.80. The molecular weight excluding hydrogens is 400 g/mol. The Morgan fingerprint density at radius 2 is 1.56 bits per heavy atom. The van der Waals surface area contributed by atoms with Gasteiger partial charge in [-0.3, -0.25) is 0 Å². The number of aliphatic hydroxyl groups excluding tert-OH is 1. The van der Waals surface area contributed by atoms with Crippen LogP contribution < -0.4 is 0 Å². The van der Waals surface area contributed by atoms with Crippen molar-refractivity contribution in [2.24, 2.45) is 0 Å². The molecule has 25 heavy (non-hydrogen) atoms. The maximum absolute atomic E-state index is 11.0. The summed E-state index contributed by atoms with van der Waals surface area (Å²) >= 11 is 0. The van der Waals surface area contributed by atoms with E-state index in [1.807, 2.05) is 0 Å². The van der Waals surface area contributed by atoms with Crippen LogP contribution in [0.4, 0.5) is 0 Å². The molecule has 0 aromatic heterocycles. The zero-order valence-corrected chi connectivity index (χ0v) is 20.2. The van der Waals surface area contributed by atoms with Gasteiger partial charge in [0.15, 0.2) is 16.6 Å². The molecule has 2 N–H and O–H groups in total. The van der Waals surface area contributed by atoms with Gasteiger partial charge in [0, 0.05) is 6.61 Å². The first-order valence-corrected chi connectivity index (χ1v) is 19.2. The number of aliphatic hydroxyl groups is 1. The quantitative estimate of drug-likeness (QED) is 0.197. The Morgan fingerprint density at radius 3 is 2.04 bits per heavy atom. The molecule has 0 aromatic rings. The van der Waals surface area contributed by atoms with Crippen LogP contribution in [0, 0.1) is 0 Å². The molecule has 0 saturated carbocycles. The van der Waals surface area contributed by atoms with Gasteiger partial charge in [-0.1, -0.05) is 0 Å². The highest BCUT2D eigenvalue weighted by Crippen LogP contribution is 2.23. The fourth-order valence-corrected chi connectivity index (χ4v) is 16.4. The third kappa shape index (κ3) is 14.1. The fraction of sp³-hybridized carbons (Fsp3) is 1.00. The van der Waals surface area contributed by atoms with Crippen molar-refractivity contribution in [3.63, 3.8) is 0 Å². The van der Waals surface area contributed by atoms with E-state index in [1.165, 1.54) is 0 Å². The molecule has 0 rings (SSSR count). The SMILES string of the molecule is C[Si](C)(C)O[Si](C)(C)O[Si](C)(C)CCCOCC(O)CS(=O)(=O)OO. The largest absolute Gasteiger partial charge is 0.437 e. The van der Waals surface area contributed by atoms with Gasteiger partial charge in [-0.25, -0.2) is 5.26 Å². The minimum atomic E-state index is -4.11. The van der Waals surface area contributed by atoms with E-state index in [0.717, 1.165) is 12.5 Å². The van der Waals surface area contributed by atoms with Crippen LogP contribution >= 0.6 is 0 Å². The predicted octanol–water partition coefficient (Wildman–Crippen LogP) is 2.35. The van der Waals surface area contributed by atoms with Crippen LogP contribution in [0.1, 0.15) is 6.42 Å². The average molecular weight is 435 g/mol. The van der Waals surface area contributed by atoms with E-state index in [2.05, 4.69) is 50.2 Å². The summed E-state index contributed by atoms with van der Waals surface area (Å²) in [5.74, 6) is -0.708. The van der Waals surface area contributed by atoms with Crippen molar-refractivity contribution in [1.29, 1.82) is 0 Å². The maximum Gasteiger partial charge on any atom is 0.311 e. The molecule has 0 aliphatic heterocycles. The number of ether oxygens (including phenoxy) is 1. The Morgan fingerprint density at radius 1 is 1.00 bits per heavy atom. The third-order valence-corrected chi connectivity index (χ3v) is 14.1. The molecule has 0 saturated heterocycles. The summed E-state index contributed by atoms with van der Waals surface area (Å²) in [5, 5.41) is 17.7. The molecule has 0 spiro atoms. The second kappa shape index (κ2) is 10.1. The summed E-state index contributed by atoms with van der Waals surface area (Å²) in [5.41, 5.74) is 0. The first kappa shape index (κ1) is 25.4. The molecule has 8 nitrogen and oxygen atoms in total. The van der Waals surface area contributed by atoms with Crippen molar-refractivity contribution < 1.29 is 36.1 Å². The molecule has 0 amide bonds. The van der Waals surface area contributed by atoms with Crippen molar-refractivity contribution in [2.75, 3.05) is 19.0 Å². The lowest BCUT2D eigenvalue weighted by Gasteiger charge is -2.37. The smallest absolute Gasteiger partial charge is 0.311 e. The van der Waals surface area contributed by atoms with Crippen molar-refractivity contribution in [3.05, 3.63) is 0 Å². The standard InChI is InChI=1S/C13H34O8SSi3/c1-23(2,3)20-25(6,7)21-24(4,5)10-8-9-18-11-13(14)12-22(16,17)19-15/h13-15H,8-12H2,1-7H3. The van der Waals surface area contributed by atoms with E-state index in [4.69, 9.17) is 18.2 Å². The fourth-order valence-electron chi connectivity index (χ4n) is 2.61. The molecule has 0 aliphatic carbocycles. The summed E-state index contributed by atoms with van der Waals surface area (Å²) in [4.78, 5) is 0. The minimum Gasteiger partial charge on any atom is -0.437 e. The molecule has 1 unspecified atom stereocenters. The Bertz CT molecular complexity index is 490. The van der Waals surface area contributed by atoms with E-state index < -0.39 is 47.2 Å². The van der Waals surface area contributed by atoms with Crippen molar-refractivity contribution >= 4 is 35.3 Å². The molecule has 152 valence electrons. The molecule has 1 atom stereocenters. The molecule has 0 fully saturated rings. The molecule has 12 heteroatoms. The third-order valence-electron chi connectivity index (χ3n) is 2.96. The van der Waals surface area contributed by atoms with Crippen LogP contribution in [-0.2, 0) is 27.4 Å². The van der Waals surface area contributed by atoms with Crippen molar-refractivity contribution in [3.8, 4) is 0 Å². The van der Waals surface area contributed by atoms with Gasteiger partial charge in [-0.15, -0.1) is 4.33 Å². The molecule has 0 aromatic carbocycles. The highest BCUT2D eigenvalue weighted by Gasteiger charge is 2.37. The lowest BCUT2D eigenvalue weighted by atomic mass is 10.4. The van der Waals surface area contributed by atoms with E-state index in [1.54, 1.807) is 0 Å². The monoisotopic (exact) mass is 434 g/mol. The number of hydrogen-bond donors (Lipinski definition) is 2. The van der Waals surface area contributed by atoms with Crippen LogP contribution in [-0.4, -0.2) is 69.0 Å². The summed E-state index contributed by atoms with van der Waals surface area (Å²) in [6.45, 7) is 15.2. The summed E-state index contributed by atoms with van der Waals surface area (Å²) in [6, 6.07) is 0.882. The highest BCUT2D eigenvalue weighted by molar-refractivity contribution is 7.86. The minimum absolute atomic E-state index is 0.135. The molecule has 0 radical (unpaired) electrons. The first-order valence-electron chi connectivity index (χ1n) is 8.29. The normalized spacial score (nSPS) is 15.4. The predicted molar refractivity (Wildman–Crippen MR) is 104 cm³/mol. The van der Waals surface area contributed by atoms with Crippen molar-refractivity contribution in [2.45, 2.75) is 64.4 Å². The Hall–Kier alpha value is 0.361. The van der Waals surface area contributed by atoms with Gasteiger partial charge in [0.1, 0.15) is 5.75 Å². The van der Waals surface area contributed by atoms with Gasteiger partial charge in [0.05, 0.1) is 12.7 Å². The Kier molecular flexibility index (Phi) is 10.2. The van der Waals surface area contributed by atoms with Crippen LogP contribution in [0.5, 0.6) is 0 Å². The van der Waals surface area contributed by atoms with Gasteiger partial charge < -0.3 is 18.1 Å². The zero-order valence-electron chi connectivity index (χ0n) is 16.4. The van der Waals surface area contributed by atoms with Crippen LogP contribution in [0.25, 0.3) is 0 Å². The van der Waals surface area contributed by atoms with Gasteiger partial charge in [-0.2, -0.15) is 8.42 Å². The summed E-state index contributed by atoms with van der Waals surface area (Å²) in [6.07, 6.45) is -0.484. The van der Waals surface area contributed by atoms with Gasteiger partial charge in [0.25, 0.3) is 10.1 Å². The Balaban J connectivity index is 4.15. The van der Waals surface area contributed by atoms with Gasteiger partial charge >= 0.3 is 8.56 Å². The highest BCUT2D eigenvalue weighted by atomic mass is 32.2. The van der Waals surface area contributed by atoms with E-state index in [-0.39, 0.29) is 6.61 Å². The second-order valence-corrected chi connectivity index (χ2v) is 22.4. The molecule has 0 heterocycles. The number of rotatable bonds is 13. The summed E-state index contributed by atoms with van der Waals surface area (Å²) < 4.78 is 43.1. The molecule has 0 aliphatic rings.